The molecule has 1 N–H and O–H groups in total. The lowest BCUT2D eigenvalue weighted by atomic mass is 10.0. The van der Waals surface area contributed by atoms with Crippen LogP contribution in [0.4, 0.5) is 8.78 Å². The van der Waals surface area contributed by atoms with Crippen LogP contribution in [0.15, 0.2) is 12.1 Å². The molecule has 0 aliphatic heterocycles. The minimum absolute atomic E-state index is 0.0943. The van der Waals surface area contributed by atoms with Crippen LogP contribution in [0, 0.1) is 11.3 Å². The summed E-state index contributed by atoms with van der Waals surface area (Å²) in [5.41, 5.74) is -0.147. The summed E-state index contributed by atoms with van der Waals surface area (Å²) in [6.07, 6.45) is 0.180. The lowest BCUT2D eigenvalue weighted by Crippen LogP contribution is -2.10. The SMILES string of the molecule is CCc1c(C(=O)O)ccc(C#N)c1OC(F)F. The Bertz CT molecular complexity index is 480. The number of nitriles is 1. The molecule has 90 valence electrons. The zero-order valence-electron chi connectivity index (χ0n) is 8.91. The molecule has 0 aromatic heterocycles. The van der Waals surface area contributed by atoms with E-state index in [1.807, 2.05) is 0 Å². The molecule has 17 heavy (non-hydrogen) atoms. The number of aromatic carboxylic acids is 1. The molecular formula is C11H9F2NO3. The Hall–Kier alpha value is -2.16. The Morgan fingerprint density at radius 1 is 1.59 bits per heavy atom. The van der Waals surface area contributed by atoms with Gasteiger partial charge in [-0.2, -0.15) is 14.0 Å². The zero-order chi connectivity index (χ0) is 13.0. The van der Waals surface area contributed by atoms with E-state index < -0.39 is 12.6 Å². The lowest BCUT2D eigenvalue weighted by molar-refractivity contribution is -0.0506. The molecule has 0 aliphatic rings. The van der Waals surface area contributed by atoms with Crippen LogP contribution in [-0.2, 0) is 6.42 Å². The van der Waals surface area contributed by atoms with Gasteiger partial charge in [0.2, 0.25) is 0 Å². The third-order valence-corrected chi connectivity index (χ3v) is 2.17. The maximum absolute atomic E-state index is 12.2. The Kier molecular flexibility index (Phi) is 3.99. The van der Waals surface area contributed by atoms with E-state index in [1.165, 1.54) is 6.07 Å². The number of halogens is 2. The normalized spacial score (nSPS) is 10.1. The number of benzene rings is 1. The molecule has 0 radical (unpaired) electrons. The first-order chi connectivity index (χ1) is 8.01. The van der Waals surface area contributed by atoms with Crippen molar-refractivity contribution in [3.05, 3.63) is 28.8 Å². The largest absolute Gasteiger partial charge is 0.478 e. The topological polar surface area (TPSA) is 70.3 Å². The molecule has 1 aromatic rings. The predicted octanol–water partition coefficient (Wildman–Crippen LogP) is 2.42. The molecule has 0 fully saturated rings. The van der Waals surface area contributed by atoms with E-state index in [0.717, 1.165) is 6.07 Å². The Morgan fingerprint density at radius 3 is 2.65 bits per heavy atom. The van der Waals surface area contributed by atoms with Crippen molar-refractivity contribution >= 4 is 5.97 Å². The van der Waals surface area contributed by atoms with Crippen molar-refractivity contribution in [2.24, 2.45) is 0 Å². The average Bonchev–Trinajstić information content (AvgIpc) is 2.27. The van der Waals surface area contributed by atoms with Crippen molar-refractivity contribution in [1.82, 2.24) is 0 Å². The fourth-order valence-corrected chi connectivity index (χ4v) is 1.49. The molecule has 1 aromatic carbocycles. The van der Waals surface area contributed by atoms with Gasteiger partial charge in [0.15, 0.2) is 0 Å². The van der Waals surface area contributed by atoms with Gasteiger partial charge in [0.1, 0.15) is 11.8 Å². The fourth-order valence-electron chi connectivity index (χ4n) is 1.49. The van der Waals surface area contributed by atoms with Gasteiger partial charge in [-0.05, 0) is 18.6 Å². The first kappa shape index (κ1) is 12.9. The van der Waals surface area contributed by atoms with E-state index in [9.17, 15) is 13.6 Å². The van der Waals surface area contributed by atoms with Gasteiger partial charge in [-0.3, -0.25) is 0 Å². The van der Waals surface area contributed by atoms with Crippen LogP contribution in [0.1, 0.15) is 28.4 Å². The van der Waals surface area contributed by atoms with E-state index in [2.05, 4.69) is 4.74 Å². The monoisotopic (exact) mass is 241 g/mol. The van der Waals surface area contributed by atoms with Crippen molar-refractivity contribution < 1.29 is 23.4 Å². The molecule has 0 spiro atoms. The van der Waals surface area contributed by atoms with Crippen LogP contribution in [0.3, 0.4) is 0 Å². The zero-order valence-corrected chi connectivity index (χ0v) is 8.91. The van der Waals surface area contributed by atoms with Crippen molar-refractivity contribution in [2.45, 2.75) is 20.0 Å². The number of carbonyl (C=O) groups is 1. The molecule has 0 aliphatic carbocycles. The smallest absolute Gasteiger partial charge is 0.387 e. The minimum atomic E-state index is -3.10. The third-order valence-electron chi connectivity index (χ3n) is 2.17. The van der Waals surface area contributed by atoms with Gasteiger partial charge in [-0.1, -0.05) is 6.92 Å². The maximum atomic E-state index is 12.2. The van der Waals surface area contributed by atoms with Crippen LogP contribution >= 0.6 is 0 Å². The summed E-state index contributed by atoms with van der Waals surface area (Å²) in [5, 5.41) is 17.7. The van der Waals surface area contributed by atoms with Gasteiger partial charge >= 0.3 is 12.6 Å². The Balaban J connectivity index is 3.44. The highest BCUT2D eigenvalue weighted by Crippen LogP contribution is 2.29. The number of hydrogen-bond donors (Lipinski definition) is 1. The van der Waals surface area contributed by atoms with Gasteiger partial charge < -0.3 is 9.84 Å². The summed E-state index contributed by atoms with van der Waals surface area (Å²) < 4.78 is 28.6. The van der Waals surface area contributed by atoms with Crippen molar-refractivity contribution in [3.63, 3.8) is 0 Å². The van der Waals surface area contributed by atoms with Crippen LogP contribution < -0.4 is 4.74 Å². The molecule has 4 nitrogen and oxygen atoms in total. The van der Waals surface area contributed by atoms with E-state index >= 15 is 0 Å². The lowest BCUT2D eigenvalue weighted by Gasteiger charge is -2.13. The Morgan fingerprint density at radius 2 is 2.24 bits per heavy atom. The molecular weight excluding hydrogens is 232 g/mol. The number of ether oxygens (including phenoxy) is 1. The molecule has 0 heterocycles. The molecule has 6 heteroatoms. The molecule has 1 rings (SSSR count). The third kappa shape index (κ3) is 2.69. The first-order valence-electron chi connectivity index (χ1n) is 4.75. The minimum Gasteiger partial charge on any atom is -0.478 e. The van der Waals surface area contributed by atoms with Gasteiger partial charge in [0.25, 0.3) is 0 Å². The summed E-state index contributed by atoms with van der Waals surface area (Å²) in [4.78, 5) is 10.9. The Labute approximate surface area is 96.0 Å². The second-order valence-electron chi connectivity index (χ2n) is 3.12. The molecule has 0 saturated carbocycles. The molecule has 0 atom stereocenters. The van der Waals surface area contributed by atoms with Crippen LogP contribution in [-0.4, -0.2) is 17.7 Å². The number of carboxylic acid groups (broad SMARTS) is 1. The maximum Gasteiger partial charge on any atom is 0.387 e. The molecule has 0 unspecified atom stereocenters. The number of hydrogen-bond acceptors (Lipinski definition) is 3. The highest BCUT2D eigenvalue weighted by Gasteiger charge is 2.20. The first-order valence-corrected chi connectivity index (χ1v) is 4.75. The highest BCUT2D eigenvalue weighted by molar-refractivity contribution is 5.90. The number of alkyl halides is 2. The summed E-state index contributed by atoms with van der Waals surface area (Å²) >= 11 is 0. The van der Waals surface area contributed by atoms with E-state index in [1.54, 1.807) is 13.0 Å². The fraction of sp³-hybridized carbons (Fsp3) is 0.273. The number of nitrogens with zero attached hydrogens (tertiary/aromatic N) is 1. The van der Waals surface area contributed by atoms with Gasteiger partial charge in [-0.15, -0.1) is 0 Å². The van der Waals surface area contributed by atoms with Crippen molar-refractivity contribution in [1.29, 1.82) is 5.26 Å². The van der Waals surface area contributed by atoms with Crippen molar-refractivity contribution in [2.75, 3.05) is 0 Å². The average molecular weight is 241 g/mol. The van der Waals surface area contributed by atoms with Crippen LogP contribution in [0.5, 0.6) is 5.75 Å². The van der Waals surface area contributed by atoms with E-state index in [-0.39, 0.29) is 28.9 Å². The van der Waals surface area contributed by atoms with Gasteiger partial charge in [0.05, 0.1) is 11.1 Å². The summed E-state index contributed by atoms with van der Waals surface area (Å²) in [5.74, 6) is -1.60. The summed E-state index contributed by atoms with van der Waals surface area (Å²) in [6, 6.07) is 4.05. The summed E-state index contributed by atoms with van der Waals surface area (Å²) in [7, 11) is 0. The van der Waals surface area contributed by atoms with Gasteiger partial charge in [0, 0.05) is 5.56 Å². The second-order valence-corrected chi connectivity index (χ2v) is 3.12. The van der Waals surface area contributed by atoms with Crippen LogP contribution in [0.2, 0.25) is 0 Å². The number of carboxylic acids is 1. The number of rotatable bonds is 4. The second kappa shape index (κ2) is 5.25. The standard InChI is InChI=1S/C11H9F2NO3/c1-2-7-8(10(15)16)4-3-6(5-14)9(7)17-11(12)13/h3-4,11H,2H2,1H3,(H,15,16). The molecule has 0 saturated heterocycles. The van der Waals surface area contributed by atoms with E-state index in [4.69, 9.17) is 10.4 Å². The summed E-state index contributed by atoms with van der Waals surface area (Å²) in [6.45, 7) is -1.50. The molecule has 0 bridgehead atoms. The van der Waals surface area contributed by atoms with E-state index in [0.29, 0.717) is 0 Å². The quantitative estimate of drug-likeness (QED) is 0.878. The van der Waals surface area contributed by atoms with Crippen LogP contribution in [0.25, 0.3) is 0 Å². The molecule has 0 amide bonds. The van der Waals surface area contributed by atoms with Crippen molar-refractivity contribution in [3.8, 4) is 11.8 Å². The predicted molar refractivity (Wildman–Crippen MR) is 54.1 cm³/mol. The highest BCUT2D eigenvalue weighted by atomic mass is 19.3. The van der Waals surface area contributed by atoms with Gasteiger partial charge in [-0.25, -0.2) is 4.79 Å².